The number of carbonyl (C=O) groups is 3. The summed E-state index contributed by atoms with van der Waals surface area (Å²) in [6.45, 7) is 4.38. The number of likely N-dealkylation sites (tertiary alicyclic amines) is 2. The van der Waals surface area contributed by atoms with E-state index in [1.54, 1.807) is 4.90 Å². The molecule has 0 spiro atoms. The molecule has 0 radical (unpaired) electrons. The Kier molecular flexibility index (Phi) is 7.09. The predicted molar refractivity (Wildman–Crippen MR) is 126 cm³/mol. The van der Waals surface area contributed by atoms with Crippen LogP contribution in [-0.4, -0.2) is 59.9 Å². The average molecular weight is 455 g/mol. The van der Waals surface area contributed by atoms with E-state index >= 15 is 0 Å². The van der Waals surface area contributed by atoms with Gasteiger partial charge in [0.15, 0.2) is 0 Å². The SMILES string of the molecule is Cc1cccc(NC(=O)N2CCCC(C(=O)N3CCC(NC(=O)c4ccsc4)CC3)C2)c1. The van der Waals surface area contributed by atoms with Crippen molar-refractivity contribution in [3.8, 4) is 0 Å². The lowest BCUT2D eigenvalue weighted by molar-refractivity contribution is -0.138. The lowest BCUT2D eigenvalue weighted by atomic mass is 9.95. The van der Waals surface area contributed by atoms with Crippen LogP contribution in [0.1, 0.15) is 41.6 Å². The first-order valence-electron chi connectivity index (χ1n) is 11.2. The van der Waals surface area contributed by atoms with Crippen LogP contribution in [0.5, 0.6) is 0 Å². The molecule has 1 aromatic carbocycles. The Morgan fingerprint density at radius 3 is 2.56 bits per heavy atom. The van der Waals surface area contributed by atoms with Crippen LogP contribution < -0.4 is 10.6 Å². The fourth-order valence-electron chi connectivity index (χ4n) is 4.45. The number of hydrogen-bond acceptors (Lipinski definition) is 4. The van der Waals surface area contributed by atoms with Crippen LogP contribution in [0.2, 0.25) is 0 Å². The summed E-state index contributed by atoms with van der Waals surface area (Å²) in [5.41, 5.74) is 2.55. The molecule has 2 aliphatic heterocycles. The van der Waals surface area contributed by atoms with Crippen LogP contribution >= 0.6 is 11.3 Å². The lowest BCUT2D eigenvalue weighted by Crippen LogP contribution is -2.51. The Hall–Kier alpha value is -2.87. The van der Waals surface area contributed by atoms with E-state index in [1.807, 2.05) is 52.9 Å². The van der Waals surface area contributed by atoms with Gasteiger partial charge in [0.1, 0.15) is 0 Å². The van der Waals surface area contributed by atoms with Gasteiger partial charge < -0.3 is 20.4 Å². The summed E-state index contributed by atoms with van der Waals surface area (Å²) >= 11 is 1.51. The summed E-state index contributed by atoms with van der Waals surface area (Å²) in [7, 11) is 0. The van der Waals surface area contributed by atoms with Crippen LogP contribution in [-0.2, 0) is 4.79 Å². The minimum absolute atomic E-state index is 0.0430. The molecule has 7 nitrogen and oxygen atoms in total. The van der Waals surface area contributed by atoms with E-state index in [9.17, 15) is 14.4 Å². The maximum absolute atomic E-state index is 13.1. The summed E-state index contributed by atoms with van der Waals surface area (Å²) in [6.07, 6.45) is 3.14. The Labute approximate surface area is 192 Å². The van der Waals surface area contributed by atoms with Crippen molar-refractivity contribution in [1.29, 1.82) is 0 Å². The molecule has 2 aromatic rings. The first-order chi connectivity index (χ1) is 15.5. The van der Waals surface area contributed by atoms with Gasteiger partial charge in [-0.3, -0.25) is 9.59 Å². The zero-order valence-electron chi connectivity index (χ0n) is 18.4. The number of rotatable bonds is 4. The predicted octanol–water partition coefficient (Wildman–Crippen LogP) is 3.72. The number of benzene rings is 1. The van der Waals surface area contributed by atoms with Crippen LogP contribution in [0.3, 0.4) is 0 Å². The molecule has 2 N–H and O–H groups in total. The van der Waals surface area contributed by atoms with Gasteiger partial charge in [0.2, 0.25) is 5.91 Å². The van der Waals surface area contributed by atoms with Gasteiger partial charge in [-0.15, -0.1) is 0 Å². The van der Waals surface area contributed by atoms with E-state index in [-0.39, 0.29) is 29.8 Å². The van der Waals surface area contributed by atoms with E-state index in [0.29, 0.717) is 31.7 Å². The molecular weight excluding hydrogens is 424 g/mol. The number of amides is 4. The second kappa shape index (κ2) is 10.2. The molecule has 2 saturated heterocycles. The van der Waals surface area contributed by atoms with E-state index in [4.69, 9.17) is 0 Å². The van der Waals surface area contributed by atoms with Crippen molar-refractivity contribution in [3.05, 3.63) is 52.2 Å². The standard InChI is InChI=1S/C24H30N4O3S/c1-17-4-2-6-21(14-17)26-24(31)28-10-3-5-18(15-28)23(30)27-11-7-20(8-12-27)25-22(29)19-9-13-32-16-19/h2,4,6,9,13-14,16,18,20H,3,5,7-8,10-12,15H2,1H3,(H,25,29)(H,26,31). The molecule has 3 heterocycles. The quantitative estimate of drug-likeness (QED) is 0.739. The van der Waals surface area contributed by atoms with Crippen molar-refractivity contribution in [2.24, 2.45) is 5.92 Å². The Balaban J connectivity index is 1.26. The maximum atomic E-state index is 13.1. The van der Waals surface area contributed by atoms with Gasteiger partial charge in [0, 0.05) is 48.9 Å². The minimum Gasteiger partial charge on any atom is -0.349 e. The topological polar surface area (TPSA) is 81.8 Å². The average Bonchev–Trinajstić information content (AvgIpc) is 3.34. The van der Waals surface area contributed by atoms with Crippen molar-refractivity contribution >= 4 is 34.9 Å². The Morgan fingerprint density at radius 1 is 1.03 bits per heavy atom. The van der Waals surface area contributed by atoms with Gasteiger partial charge in [0.25, 0.3) is 5.91 Å². The maximum Gasteiger partial charge on any atom is 0.321 e. The van der Waals surface area contributed by atoms with Gasteiger partial charge in [-0.2, -0.15) is 11.3 Å². The molecule has 32 heavy (non-hydrogen) atoms. The number of aryl methyl sites for hydroxylation is 1. The fraction of sp³-hybridized carbons (Fsp3) is 0.458. The number of hydrogen-bond donors (Lipinski definition) is 2. The number of piperidine rings is 2. The molecule has 1 atom stereocenters. The molecule has 1 unspecified atom stereocenters. The van der Waals surface area contributed by atoms with E-state index in [0.717, 1.165) is 36.9 Å². The highest BCUT2D eigenvalue weighted by Gasteiger charge is 2.33. The molecular formula is C24H30N4O3S. The van der Waals surface area contributed by atoms with Gasteiger partial charge in [-0.1, -0.05) is 12.1 Å². The molecule has 2 fully saturated rings. The summed E-state index contributed by atoms with van der Waals surface area (Å²) in [5, 5.41) is 9.77. The number of nitrogens with zero attached hydrogens (tertiary/aromatic N) is 2. The summed E-state index contributed by atoms with van der Waals surface area (Å²) in [6, 6.07) is 9.48. The number of urea groups is 1. The fourth-order valence-corrected chi connectivity index (χ4v) is 5.09. The number of anilines is 1. The van der Waals surface area contributed by atoms with Crippen LogP contribution in [0.4, 0.5) is 10.5 Å². The number of nitrogens with one attached hydrogen (secondary N) is 2. The Bertz CT molecular complexity index is 954. The van der Waals surface area contributed by atoms with E-state index in [2.05, 4.69) is 10.6 Å². The molecule has 1 aromatic heterocycles. The minimum atomic E-state index is -0.163. The van der Waals surface area contributed by atoms with Gasteiger partial charge in [-0.25, -0.2) is 4.79 Å². The van der Waals surface area contributed by atoms with E-state index < -0.39 is 0 Å². The smallest absolute Gasteiger partial charge is 0.321 e. The highest BCUT2D eigenvalue weighted by molar-refractivity contribution is 7.08. The first-order valence-corrected chi connectivity index (χ1v) is 12.2. The van der Waals surface area contributed by atoms with Crippen molar-refractivity contribution in [1.82, 2.24) is 15.1 Å². The zero-order chi connectivity index (χ0) is 22.5. The van der Waals surface area contributed by atoms with Crippen LogP contribution in [0, 0.1) is 12.8 Å². The van der Waals surface area contributed by atoms with Gasteiger partial charge in [-0.05, 0) is 61.7 Å². The summed E-state index contributed by atoms with van der Waals surface area (Å²) in [5.74, 6) is -0.0804. The monoisotopic (exact) mass is 454 g/mol. The summed E-state index contributed by atoms with van der Waals surface area (Å²) in [4.78, 5) is 41.8. The highest BCUT2D eigenvalue weighted by atomic mass is 32.1. The molecule has 2 aliphatic rings. The normalized spacial score (nSPS) is 19.5. The second-order valence-corrected chi connectivity index (χ2v) is 9.45. The largest absolute Gasteiger partial charge is 0.349 e. The van der Waals surface area contributed by atoms with Crippen molar-refractivity contribution in [2.45, 2.75) is 38.6 Å². The molecule has 0 bridgehead atoms. The second-order valence-electron chi connectivity index (χ2n) is 8.67. The first kappa shape index (κ1) is 22.3. The third-order valence-corrected chi connectivity index (χ3v) is 6.94. The molecule has 0 saturated carbocycles. The van der Waals surface area contributed by atoms with Crippen molar-refractivity contribution < 1.29 is 14.4 Å². The third kappa shape index (κ3) is 5.48. The van der Waals surface area contributed by atoms with Crippen LogP contribution in [0.25, 0.3) is 0 Å². The number of carbonyl (C=O) groups excluding carboxylic acids is 3. The molecule has 0 aliphatic carbocycles. The van der Waals surface area contributed by atoms with Gasteiger partial charge >= 0.3 is 6.03 Å². The van der Waals surface area contributed by atoms with Crippen molar-refractivity contribution in [3.63, 3.8) is 0 Å². The van der Waals surface area contributed by atoms with Gasteiger partial charge in [0.05, 0.1) is 5.92 Å². The molecule has 4 rings (SSSR count). The van der Waals surface area contributed by atoms with Crippen LogP contribution in [0.15, 0.2) is 41.1 Å². The zero-order valence-corrected chi connectivity index (χ0v) is 19.2. The van der Waals surface area contributed by atoms with Crippen molar-refractivity contribution in [2.75, 3.05) is 31.5 Å². The molecule has 4 amide bonds. The Morgan fingerprint density at radius 2 is 1.84 bits per heavy atom. The molecule has 170 valence electrons. The number of thiophene rings is 1. The lowest BCUT2D eigenvalue weighted by Gasteiger charge is -2.38. The highest BCUT2D eigenvalue weighted by Crippen LogP contribution is 2.22. The van der Waals surface area contributed by atoms with E-state index in [1.165, 1.54) is 11.3 Å². The summed E-state index contributed by atoms with van der Waals surface area (Å²) < 4.78 is 0. The molecule has 8 heteroatoms. The third-order valence-electron chi connectivity index (χ3n) is 6.25.